The van der Waals surface area contributed by atoms with Gasteiger partial charge in [0.05, 0.1) is 0 Å². The number of alkyl halides is 8. The van der Waals surface area contributed by atoms with Crippen molar-refractivity contribution in [3.8, 4) is 0 Å². The Balaban J connectivity index is 2.25. The predicted molar refractivity (Wildman–Crippen MR) is 90.3 cm³/mol. The van der Waals surface area contributed by atoms with Crippen LogP contribution in [0.25, 0.3) is 0 Å². The summed E-state index contributed by atoms with van der Waals surface area (Å²) >= 11 is 0. The Labute approximate surface area is 163 Å². The Hall–Kier alpha value is -1.42. The molecular formula is C19H23F8NO. The molecule has 0 bridgehead atoms. The zero-order valence-corrected chi connectivity index (χ0v) is 15.7. The van der Waals surface area contributed by atoms with Gasteiger partial charge in [-0.25, -0.2) is 0 Å². The number of halogens is 8. The molecule has 0 radical (unpaired) electrons. The van der Waals surface area contributed by atoms with Crippen molar-refractivity contribution < 1.29 is 40.2 Å². The Morgan fingerprint density at radius 3 is 2.10 bits per heavy atom. The average Bonchev–Trinajstić information content (AvgIpc) is 2.60. The van der Waals surface area contributed by atoms with Crippen molar-refractivity contribution in [2.75, 3.05) is 6.54 Å². The first-order chi connectivity index (χ1) is 13.2. The fourth-order valence-corrected chi connectivity index (χ4v) is 3.54. The van der Waals surface area contributed by atoms with E-state index in [0.29, 0.717) is 30.9 Å². The highest BCUT2D eigenvalue weighted by Gasteiger charge is 2.58. The van der Waals surface area contributed by atoms with Crippen LogP contribution in [0.1, 0.15) is 43.7 Å². The number of benzene rings is 1. The van der Waals surface area contributed by atoms with E-state index in [2.05, 4.69) is 0 Å². The number of aliphatic hydroxyl groups is 1. The molecule has 1 N–H and O–H groups in total. The van der Waals surface area contributed by atoms with Crippen molar-refractivity contribution in [2.45, 2.75) is 69.6 Å². The molecular weight excluding hydrogens is 410 g/mol. The summed E-state index contributed by atoms with van der Waals surface area (Å²) in [6.07, 6.45) is -10.6. The molecule has 2 rings (SSSR count). The first-order valence-electron chi connectivity index (χ1n) is 9.24. The summed E-state index contributed by atoms with van der Waals surface area (Å²) in [6, 6.07) is 3.27. The molecule has 166 valence electrons. The van der Waals surface area contributed by atoms with Crippen LogP contribution in [-0.2, 0) is 12.5 Å². The van der Waals surface area contributed by atoms with E-state index in [1.165, 1.54) is 11.0 Å². The lowest BCUT2D eigenvalue weighted by atomic mass is 9.86. The second-order valence-electron chi connectivity index (χ2n) is 7.67. The quantitative estimate of drug-likeness (QED) is 0.587. The number of hydrogen-bond acceptors (Lipinski definition) is 2. The van der Waals surface area contributed by atoms with Gasteiger partial charge in [-0.05, 0) is 43.2 Å². The summed E-state index contributed by atoms with van der Waals surface area (Å²) in [5, 5.41) is 9.47. The monoisotopic (exact) mass is 433 g/mol. The lowest BCUT2D eigenvalue weighted by Gasteiger charge is -2.37. The molecule has 1 atom stereocenters. The van der Waals surface area contributed by atoms with E-state index in [1.807, 2.05) is 6.92 Å². The molecule has 0 saturated heterocycles. The molecule has 29 heavy (non-hydrogen) atoms. The van der Waals surface area contributed by atoms with Crippen LogP contribution >= 0.6 is 0 Å². The summed E-state index contributed by atoms with van der Waals surface area (Å²) in [7, 11) is 0. The highest BCUT2D eigenvalue weighted by molar-refractivity contribution is 5.28. The van der Waals surface area contributed by atoms with Crippen molar-refractivity contribution in [3.05, 3.63) is 35.4 Å². The average molecular weight is 433 g/mol. The normalized spacial score (nSPS) is 22.7. The van der Waals surface area contributed by atoms with Gasteiger partial charge in [0.2, 0.25) is 0 Å². The van der Waals surface area contributed by atoms with E-state index in [4.69, 9.17) is 0 Å². The van der Waals surface area contributed by atoms with Crippen LogP contribution in [0.3, 0.4) is 0 Å². The number of rotatable bonds is 6. The van der Waals surface area contributed by atoms with Crippen LogP contribution in [0.2, 0.25) is 0 Å². The number of nitrogens with zero attached hydrogens (tertiary/aromatic N) is 1. The van der Waals surface area contributed by atoms with Crippen LogP contribution in [-0.4, -0.2) is 41.0 Å². The molecule has 1 aliphatic carbocycles. The molecule has 0 aromatic heterocycles. The lowest BCUT2D eigenvalue weighted by molar-refractivity contribution is -0.289. The van der Waals surface area contributed by atoms with Gasteiger partial charge in [-0.3, -0.25) is 4.90 Å². The maximum Gasteiger partial charge on any atom is 0.458 e. The smallest absolute Gasteiger partial charge is 0.382 e. The zero-order valence-electron chi connectivity index (χ0n) is 15.7. The second-order valence-corrected chi connectivity index (χ2v) is 7.67. The van der Waals surface area contributed by atoms with Gasteiger partial charge in [-0.2, -0.15) is 35.1 Å². The third-order valence-electron chi connectivity index (χ3n) is 5.32. The van der Waals surface area contributed by atoms with Crippen LogP contribution in [0.5, 0.6) is 0 Å². The van der Waals surface area contributed by atoms with E-state index >= 15 is 0 Å². The predicted octanol–water partition coefficient (Wildman–Crippen LogP) is 5.64. The number of aliphatic hydroxyl groups excluding tert-OH is 1. The standard InChI is InChI=1S/C19H23F8NO/c1-12-5-7-15(8-6-12)28(11-16(29)18(22,23)24)10-13-3-2-4-14(9-13)17(20,21)19(25,26)27/h2-4,9,12,15-16,29H,5-8,10-11H2,1H3. The Morgan fingerprint density at radius 2 is 1.59 bits per heavy atom. The van der Waals surface area contributed by atoms with Crippen LogP contribution in [0.4, 0.5) is 35.1 Å². The molecule has 1 fully saturated rings. The molecule has 1 aliphatic rings. The second kappa shape index (κ2) is 8.75. The fraction of sp³-hybridized carbons (Fsp3) is 0.684. The molecule has 10 heteroatoms. The molecule has 1 unspecified atom stereocenters. The van der Waals surface area contributed by atoms with Gasteiger partial charge < -0.3 is 5.11 Å². The van der Waals surface area contributed by atoms with Crippen LogP contribution < -0.4 is 0 Å². The van der Waals surface area contributed by atoms with Crippen molar-refractivity contribution in [1.29, 1.82) is 0 Å². The van der Waals surface area contributed by atoms with E-state index in [1.54, 1.807) is 0 Å². The highest BCUT2D eigenvalue weighted by atomic mass is 19.4. The minimum atomic E-state index is -5.78. The third kappa shape index (κ3) is 6.04. The molecule has 2 nitrogen and oxygen atoms in total. The summed E-state index contributed by atoms with van der Waals surface area (Å²) in [4.78, 5) is 1.33. The molecule has 0 heterocycles. The van der Waals surface area contributed by atoms with E-state index in [-0.39, 0.29) is 18.2 Å². The summed E-state index contributed by atoms with van der Waals surface area (Å²) in [5.41, 5.74) is -1.24. The van der Waals surface area contributed by atoms with Crippen molar-refractivity contribution in [1.82, 2.24) is 4.90 Å². The van der Waals surface area contributed by atoms with Crippen LogP contribution in [0.15, 0.2) is 24.3 Å². The minimum Gasteiger partial charge on any atom is -0.382 e. The van der Waals surface area contributed by atoms with Gasteiger partial charge in [0.25, 0.3) is 0 Å². The first kappa shape index (κ1) is 23.9. The minimum absolute atomic E-state index is 0.0272. The van der Waals surface area contributed by atoms with E-state index in [9.17, 15) is 40.2 Å². The number of hydrogen-bond donors (Lipinski definition) is 1. The van der Waals surface area contributed by atoms with Crippen molar-refractivity contribution >= 4 is 0 Å². The Morgan fingerprint density at radius 1 is 1.00 bits per heavy atom. The zero-order chi connectivity index (χ0) is 22.0. The van der Waals surface area contributed by atoms with Gasteiger partial charge in [0.1, 0.15) is 0 Å². The SMILES string of the molecule is CC1CCC(N(Cc2cccc(C(F)(F)C(F)(F)F)c2)CC(O)C(F)(F)F)CC1. The molecule has 1 aromatic rings. The summed E-state index contributed by atoms with van der Waals surface area (Å²) < 4.78 is 104. The third-order valence-corrected chi connectivity index (χ3v) is 5.32. The fourth-order valence-electron chi connectivity index (χ4n) is 3.54. The van der Waals surface area contributed by atoms with Gasteiger partial charge >= 0.3 is 18.3 Å². The molecule has 0 spiro atoms. The Kier molecular flexibility index (Phi) is 7.20. The summed E-state index contributed by atoms with van der Waals surface area (Å²) in [6.45, 7) is 0.963. The van der Waals surface area contributed by atoms with E-state index < -0.39 is 36.5 Å². The van der Waals surface area contributed by atoms with Gasteiger partial charge in [-0.15, -0.1) is 0 Å². The lowest BCUT2D eigenvalue weighted by Crippen LogP contribution is -2.46. The largest absolute Gasteiger partial charge is 0.458 e. The summed E-state index contributed by atoms with van der Waals surface area (Å²) in [5.74, 6) is -4.67. The van der Waals surface area contributed by atoms with Crippen molar-refractivity contribution in [2.24, 2.45) is 5.92 Å². The Bertz CT molecular complexity index is 665. The maximum atomic E-state index is 13.6. The maximum absolute atomic E-state index is 13.6. The molecule has 0 amide bonds. The van der Waals surface area contributed by atoms with Gasteiger partial charge in [0, 0.05) is 24.7 Å². The van der Waals surface area contributed by atoms with E-state index in [0.717, 1.165) is 18.9 Å². The molecule has 1 aromatic carbocycles. The molecule has 1 saturated carbocycles. The van der Waals surface area contributed by atoms with Gasteiger partial charge in [-0.1, -0.05) is 25.1 Å². The molecule has 0 aliphatic heterocycles. The first-order valence-corrected chi connectivity index (χ1v) is 9.24. The topological polar surface area (TPSA) is 23.5 Å². The highest BCUT2D eigenvalue weighted by Crippen LogP contribution is 2.44. The van der Waals surface area contributed by atoms with Crippen LogP contribution in [0, 0.1) is 5.92 Å². The van der Waals surface area contributed by atoms with Crippen molar-refractivity contribution in [3.63, 3.8) is 0 Å². The van der Waals surface area contributed by atoms with Gasteiger partial charge in [0.15, 0.2) is 6.10 Å².